The lowest BCUT2D eigenvalue weighted by Crippen LogP contribution is -2.00. The molecule has 2 aromatic heterocycles. The topological polar surface area (TPSA) is 59.6 Å². The molecule has 0 fully saturated rings. The summed E-state index contributed by atoms with van der Waals surface area (Å²) >= 11 is 12.8. The molecule has 134 valence electrons. The molecule has 0 bridgehead atoms. The number of aromatic amines is 1. The molecule has 2 heterocycles. The van der Waals surface area contributed by atoms with Crippen molar-refractivity contribution in [1.29, 1.82) is 0 Å². The summed E-state index contributed by atoms with van der Waals surface area (Å²) in [5.41, 5.74) is 10.9. The van der Waals surface area contributed by atoms with Gasteiger partial charge >= 0.3 is 0 Å². The van der Waals surface area contributed by atoms with Gasteiger partial charge in [-0.15, -0.1) is 0 Å². The third kappa shape index (κ3) is 2.88. The molecule has 26 heavy (non-hydrogen) atoms. The fourth-order valence-corrected chi connectivity index (χ4v) is 4.18. The monoisotopic (exact) mass is 386 g/mol. The van der Waals surface area contributed by atoms with Crippen LogP contribution in [0.5, 0.6) is 0 Å². The van der Waals surface area contributed by atoms with E-state index in [1.54, 1.807) is 6.07 Å². The van der Waals surface area contributed by atoms with Crippen LogP contribution < -0.4 is 5.73 Å². The number of hydrogen-bond acceptors (Lipinski definition) is 2. The number of halogens is 2. The van der Waals surface area contributed by atoms with Crippen molar-refractivity contribution in [3.05, 3.63) is 52.0 Å². The molecule has 4 aromatic rings. The predicted molar refractivity (Wildman–Crippen MR) is 110 cm³/mol. The third-order valence-corrected chi connectivity index (χ3v) is 5.33. The lowest BCUT2D eigenvalue weighted by atomic mass is 10.0. The zero-order chi connectivity index (χ0) is 18.3. The number of benzene rings is 2. The number of aromatic nitrogens is 3. The van der Waals surface area contributed by atoms with Crippen LogP contribution >= 0.6 is 23.2 Å². The van der Waals surface area contributed by atoms with Crippen molar-refractivity contribution >= 4 is 45.1 Å². The van der Waals surface area contributed by atoms with E-state index in [4.69, 9.17) is 33.9 Å². The fourth-order valence-electron chi connectivity index (χ4n) is 3.57. The quantitative estimate of drug-likeness (QED) is 0.456. The largest absolute Gasteiger partial charge is 0.352 e. The van der Waals surface area contributed by atoms with Crippen LogP contribution in [0.25, 0.3) is 33.5 Å². The first kappa shape index (κ1) is 17.4. The maximum atomic E-state index is 6.54. The third-order valence-electron chi connectivity index (χ3n) is 4.81. The van der Waals surface area contributed by atoms with Gasteiger partial charge in [-0.25, -0.2) is 4.98 Å². The van der Waals surface area contributed by atoms with Crippen molar-refractivity contribution in [3.8, 4) is 11.5 Å². The Labute approximate surface area is 161 Å². The number of nitrogens with zero attached hydrogens (tertiary/aromatic N) is 2. The summed E-state index contributed by atoms with van der Waals surface area (Å²) in [6.07, 6.45) is 2.86. The van der Waals surface area contributed by atoms with Gasteiger partial charge in [-0.3, -0.25) is 0 Å². The Balaban J connectivity index is 1.96. The van der Waals surface area contributed by atoms with E-state index in [0.29, 0.717) is 16.6 Å². The van der Waals surface area contributed by atoms with Crippen LogP contribution in [0.2, 0.25) is 10.0 Å². The molecular formula is C20H20Cl2N4. The maximum Gasteiger partial charge on any atom is 0.157 e. The Hall–Kier alpha value is -2.01. The van der Waals surface area contributed by atoms with Crippen molar-refractivity contribution in [2.45, 2.75) is 19.3 Å². The van der Waals surface area contributed by atoms with E-state index in [2.05, 4.69) is 15.6 Å². The van der Waals surface area contributed by atoms with E-state index in [0.717, 1.165) is 52.7 Å². The summed E-state index contributed by atoms with van der Waals surface area (Å²) in [6.45, 7) is 0.684. The summed E-state index contributed by atoms with van der Waals surface area (Å²) in [6, 6.07) is 11.8. The molecule has 4 nitrogen and oxygen atoms in total. The number of fused-ring (bicyclic) bond motifs is 2. The van der Waals surface area contributed by atoms with Gasteiger partial charge in [0.25, 0.3) is 0 Å². The van der Waals surface area contributed by atoms with Crippen molar-refractivity contribution in [3.63, 3.8) is 0 Å². The van der Waals surface area contributed by atoms with E-state index in [9.17, 15) is 0 Å². The molecule has 0 radical (unpaired) electrons. The molecule has 0 unspecified atom stereocenters. The molecule has 0 spiro atoms. The zero-order valence-corrected chi connectivity index (χ0v) is 16.0. The first-order valence-corrected chi connectivity index (χ1v) is 9.47. The first-order valence-electron chi connectivity index (χ1n) is 8.71. The van der Waals surface area contributed by atoms with E-state index in [-0.39, 0.29) is 0 Å². The normalized spacial score (nSPS) is 11.7. The SMILES string of the molecule is Cn1c(-c2[nH]c3cc(Cl)cc(Cl)c3c2CCCCN)nc2ccccc21. The molecule has 0 aliphatic rings. The van der Waals surface area contributed by atoms with Crippen LogP contribution in [0, 0.1) is 0 Å². The summed E-state index contributed by atoms with van der Waals surface area (Å²) in [5.74, 6) is 0.900. The molecule has 0 atom stereocenters. The van der Waals surface area contributed by atoms with Crippen LogP contribution in [0.4, 0.5) is 0 Å². The van der Waals surface area contributed by atoms with Gasteiger partial charge in [-0.05, 0) is 55.6 Å². The van der Waals surface area contributed by atoms with Crippen molar-refractivity contribution in [2.24, 2.45) is 12.8 Å². The highest BCUT2D eigenvalue weighted by molar-refractivity contribution is 6.39. The van der Waals surface area contributed by atoms with Crippen molar-refractivity contribution in [2.75, 3.05) is 6.54 Å². The van der Waals surface area contributed by atoms with Crippen molar-refractivity contribution < 1.29 is 0 Å². The zero-order valence-electron chi connectivity index (χ0n) is 14.5. The number of hydrogen-bond donors (Lipinski definition) is 2. The predicted octanol–water partition coefficient (Wildman–Crippen LogP) is 5.31. The molecule has 2 aromatic carbocycles. The van der Waals surface area contributed by atoms with Crippen LogP contribution in [0.15, 0.2) is 36.4 Å². The van der Waals surface area contributed by atoms with Crippen LogP contribution in [-0.4, -0.2) is 21.1 Å². The Morgan fingerprint density at radius 1 is 1.15 bits per heavy atom. The smallest absolute Gasteiger partial charge is 0.157 e. The van der Waals surface area contributed by atoms with Gasteiger partial charge in [0.05, 0.1) is 21.7 Å². The number of H-pyrrole nitrogens is 1. The summed E-state index contributed by atoms with van der Waals surface area (Å²) in [7, 11) is 2.04. The van der Waals surface area contributed by atoms with E-state index in [1.807, 2.05) is 31.3 Å². The number of rotatable bonds is 5. The van der Waals surface area contributed by atoms with E-state index >= 15 is 0 Å². The molecule has 4 rings (SSSR count). The van der Waals surface area contributed by atoms with Gasteiger partial charge in [0.1, 0.15) is 0 Å². The lowest BCUT2D eigenvalue weighted by Gasteiger charge is -2.06. The summed E-state index contributed by atoms with van der Waals surface area (Å²) in [4.78, 5) is 8.36. The Kier molecular flexibility index (Phi) is 4.65. The van der Waals surface area contributed by atoms with Gasteiger partial charge in [0.2, 0.25) is 0 Å². The summed E-state index contributed by atoms with van der Waals surface area (Å²) in [5, 5.41) is 2.31. The molecule has 6 heteroatoms. The Bertz CT molecular complexity index is 1090. The highest BCUT2D eigenvalue weighted by Gasteiger charge is 2.20. The molecular weight excluding hydrogens is 367 g/mol. The maximum absolute atomic E-state index is 6.54. The standard InChI is InChI=1S/C20H20Cl2N4/c1-26-17-8-3-2-7-15(17)25-20(26)19-13(6-4-5-9-23)18-14(22)10-12(21)11-16(18)24-19/h2-3,7-8,10-11,24H,4-6,9,23H2,1H3. The second-order valence-electron chi connectivity index (χ2n) is 6.52. The molecule has 0 aliphatic carbocycles. The Morgan fingerprint density at radius 3 is 2.73 bits per heavy atom. The number of imidazole rings is 1. The molecule has 0 saturated carbocycles. The average Bonchev–Trinajstić information content (AvgIpc) is 3.14. The van der Waals surface area contributed by atoms with E-state index in [1.165, 1.54) is 5.56 Å². The second-order valence-corrected chi connectivity index (χ2v) is 7.36. The number of unbranched alkanes of at least 4 members (excludes halogenated alkanes) is 1. The minimum absolute atomic E-state index is 0.619. The number of nitrogens with one attached hydrogen (secondary N) is 1. The van der Waals surface area contributed by atoms with E-state index < -0.39 is 0 Å². The van der Waals surface area contributed by atoms with Crippen LogP contribution in [-0.2, 0) is 13.5 Å². The summed E-state index contributed by atoms with van der Waals surface area (Å²) < 4.78 is 2.11. The lowest BCUT2D eigenvalue weighted by molar-refractivity contribution is 0.747. The van der Waals surface area contributed by atoms with Gasteiger partial charge in [-0.1, -0.05) is 35.3 Å². The van der Waals surface area contributed by atoms with Gasteiger partial charge in [-0.2, -0.15) is 0 Å². The average molecular weight is 387 g/mol. The number of aryl methyl sites for hydroxylation is 2. The molecule has 0 saturated heterocycles. The van der Waals surface area contributed by atoms with Gasteiger partial charge in [0, 0.05) is 23.0 Å². The van der Waals surface area contributed by atoms with Crippen LogP contribution in [0.1, 0.15) is 18.4 Å². The highest BCUT2D eigenvalue weighted by atomic mass is 35.5. The molecule has 0 amide bonds. The van der Waals surface area contributed by atoms with Crippen molar-refractivity contribution in [1.82, 2.24) is 14.5 Å². The number of nitrogens with two attached hydrogens (primary N) is 1. The fraction of sp³-hybridized carbons (Fsp3) is 0.250. The first-order chi connectivity index (χ1) is 12.6. The van der Waals surface area contributed by atoms with Crippen LogP contribution in [0.3, 0.4) is 0 Å². The van der Waals surface area contributed by atoms with Gasteiger partial charge < -0.3 is 15.3 Å². The highest BCUT2D eigenvalue weighted by Crippen LogP contribution is 2.37. The minimum Gasteiger partial charge on any atom is -0.352 e. The molecule has 0 aliphatic heterocycles. The van der Waals surface area contributed by atoms with Gasteiger partial charge in [0.15, 0.2) is 5.82 Å². The molecule has 3 N–H and O–H groups in total. The number of para-hydroxylation sites is 2. The Morgan fingerprint density at radius 2 is 1.96 bits per heavy atom. The minimum atomic E-state index is 0.619. The second kappa shape index (κ2) is 6.95.